The molecular weight excluding hydrogens is 422 g/mol. The third-order valence-electron chi connectivity index (χ3n) is 4.87. The summed E-state index contributed by atoms with van der Waals surface area (Å²) in [4.78, 5) is 39.0. The Labute approximate surface area is 184 Å². The number of rotatable bonds is 8. The van der Waals surface area contributed by atoms with Crippen molar-refractivity contribution in [2.75, 3.05) is 24.7 Å². The second-order valence-corrected chi connectivity index (χ2v) is 7.84. The Kier molecular flexibility index (Phi) is 7.07. The molecule has 1 aliphatic rings. The number of anilines is 1. The van der Waals surface area contributed by atoms with Gasteiger partial charge in [-0.1, -0.05) is 13.8 Å². The molecule has 0 aromatic heterocycles. The highest BCUT2D eigenvalue weighted by Crippen LogP contribution is 2.34. The predicted molar refractivity (Wildman–Crippen MR) is 113 cm³/mol. The molecule has 7 nitrogen and oxygen atoms in total. The van der Waals surface area contributed by atoms with Crippen molar-refractivity contribution < 1.29 is 32.6 Å². The first-order valence-corrected chi connectivity index (χ1v) is 10.1. The van der Waals surface area contributed by atoms with Crippen molar-refractivity contribution >= 4 is 23.3 Å². The van der Waals surface area contributed by atoms with Crippen LogP contribution in [0.5, 0.6) is 11.5 Å². The molecular formula is C23H24F2N2O5. The van der Waals surface area contributed by atoms with Crippen LogP contribution in [0.1, 0.15) is 31.1 Å². The average Bonchev–Trinajstić information content (AvgIpc) is 2.77. The summed E-state index contributed by atoms with van der Waals surface area (Å²) in [5.41, 5.74) is 0.511. The van der Waals surface area contributed by atoms with Crippen LogP contribution in [0.2, 0.25) is 0 Å². The molecule has 0 aliphatic carbocycles. The molecule has 1 unspecified atom stereocenters. The van der Waals surface area contributed by atoms with Crippen LogP contribution in [0.25, 0.3) is 0 Å². The van der Waals surface area contributed by atoms with Gasteiger partial charge in [-0.2, -0.15) is 0 Å². The van der Waals surface area contributed by atoms with Crippen molar-refractivity contribution in [3.05, 3.63) is 53.6 Å². The number of carbonyl (C=O) groups excluding carboxylic acids is 3. The predicted octanol–water partition coefficient (Wildman–Crippen LogP) is 3.11. The molecule has 9 heteroatoms. The molecule has 32 heavy (non-hydrogen) atoms. The smallest absolute Gasteiger partial charge is 0.265 e. The quantitative estimate of drug-likeness (QED) is 0.630. The monoisotopic (exact) mass is 446 g/mol. The van der Waals surface area contributed by atoms with E-state index in [4.69, 9.17) is 9.47 Å². The second-order valence-electron chi connectivity index (χ2n) is 7.84. The molecule has 1 heterocycles. The minimum Gasteiger partial charge on any atom is -0.485 e. The van der Waals surface area contributed by atoms with Crippen LogP contribution in [-0.4, -0.2) is 43.4 Å². The molecule has 0 bridgehead atoms. The summed E-state index contributed by atoms with van der Waals surface area (Å²) in [5, 5.41) is 2.80. The van der Waals surface area contributed by atoms with Crippen molar-refractivity contribution in [1.82, 2.24) is 5.32 Å². The van der Waals surface area contributed by atoms with Crippen molar-refractivity contribution in [1.29, 1.82) is 0 Å². The number of nitrogens with zero attached hydrogens (tertiary/aromatic N) is 1. The number of carbonyl (C=O) groups is 3. The van der Waals surface area contributed by atoms with Crippen LogP contribution in [0.15, 0.2) is 36.4 Å². The number of nitrogens with one attached hydrogen (secondary N) is 1. The zero-order valence-electron chi connectivity index (χ0n) is 18.0. The van der Waals surface area contributed by atoms with Gasteiger partial charge in [0.15, 0.2) is 30.6 Å². The number of hydrogen-bond acceptors (Lipinski definition) is 5. The SMILES string of the molecule is CC(C)CNC(=O)C(C)N1C(=O)COc2ccc(C(=O)COc3ccc(F)c(F)c3)cc21. The molecule has 1 aliphatic heterocycles. The maximum Gasteiger partial charge on any atom is 0.265 e. The largest absolute Gasteiger partial charge is 0.485 e. The Bertz CT molecular complexity index is 1040. The van der Waals surface area contributed by atoms with E-state index in [1.807, 2.05) is 13.8 Å². The van der Waals surface area contributed by atoms with Crippen LogP contribution in [0.4, 0.5) is 14.5 Å². The van der Waals surface area contributed by atoms with E-state index in [0.717, 1.165) is 12.1 Å². The molecule has 0 saturated heterocycles. The third-order valence-corrected chi connectivity index (χ3v) is 4.87. The van der Waals surface area contributed by atoms with Gasteiger partial charge in [-0.3, -0.25) is 19.3 Å². The van der Waals surface area contributed by atoms with Crippen LogP contribution >= 0.6 is 0 Å². The number of hydrogen-bond donors (Lipinski definition) is 1. The lowest BCUT2D eigenvalue weighted by atomic mass is 10.1. The van der Waals surface area contributed by atoms with Crippen molar-refractivity contribution in [3.8, 4) is 11.5 Å². The van der Waals surface area contributed by atoms with E-state index in [9.17, 15) is 23.2 Å². The minimum absolute atomic E-state index is 0.00536. The van der Waals surface area contributed by atoms with Gasteiger partial charge in [0.2, 0.25) is 5.91 Å². The molecule has 1 N–H and O–H groups in total. The fourth-order valence-electron chi connectivity index (χ4n) is 3.14. The van der Waals surface area contributed by atoms with Crippen molar-refractivity contribution in [2.24, 2.45) is 5.92 Å². The first-order valence-electron chi connectivity index (χ1n) is 10.1. The fraction of sp³-hybridized carbons (Fsp3) is 0.348. The average molecular weight is 446 g/mol. The van der Waals surface area contributed by atoms with Gasteiger partial charge in [0.1, 0.15) is 17.5 Å². The minimum atomic E-state index is -1.08. The summed E-state index contributed by atoms with van der Waals surface area (Å²) in [7, 11) is 0. The summed E-state index contributed by atoms with van der Waals surface area (Å²) >= 11 is 0. The second kappa shape index (κ2) is 9.76. The maximum absolute atomic E-state index is 13.3. The summed E-state index contributed by atoms with van der Waals surface area (Å²) in [6.45, 7) is 5.34. The summed E-state index contributed by atoms with van der Waals surface area (Å²) in [6.07, 6.45) is 0. The molecule has 170 valence electrons. The summed E-state index contributed by atoms with van der Waals surface area (Å²) < 4.78 is 37.0. The Balaban J connectivity index is 1.78. The highest BCUT2D eigenvalue weighted by atomic mass is 19.2. The molecule has 3 rings (SSSR count). The van der Waals surface area contributed by atoms with Gasteiger partial charge in [-0.15, -0.1) is 0 Å². The van der Waals surface area contributed by atoms with Crippen LogP contribution in [0, 0.1) is 17.6 Å². The number of fused-ring (bicyclic) bond motifs is 1. The van der Waals surface area contributed by atoms with E-state index in [-0.39, 0.29) is 29.7 Å². The fourth-order valence-corrected chi connectivity index (χ4v) is 3.14. The van der Waals surface area contributed by atoms with E-state index >= 15 is 0 Å². The summed E-state index contributed by atoms with van der Waals surface area (Å²) in [5.74, 6) is -2.66. The van der Waals surface area contributed by atoms with Crippen LogP contribution < -0.4 is 19.7 Å². The van der Waals surface area contributed by atoms with Gasteiger partial charge in [0.05, 0.1) is 5.69 Å². The first-order chi connectivity index (χ1) is 15.2. The van der Waals surface area contributed by atoms with Gasteiger partial charge in [0, 0.05) is 18.2 Å². The number of ether oxygens (including phenoxy) is 2. The number of amides is 2. The molecule has 0 radical (unpaired) electrons. The van der Waals surface area contributed by atoms with E-state index in [0.29, 0.717) is 18.0 Å². The molecule has 0 fully saturated rings. The Morgan fingerprint density at radius 2 is 1.88 bits per heavy atom. The van der Waals surface area contributed by atoms with Crippen LogP contribution in [-0.2, 0) is 9.59 Å². The Morgan fingerprint density at radius 3 is 2.56 bits per heavy atom. The lowest BCUT2D eigenvalue weighted by Gasteiger charge is -2.33. The number of benzene rings is 2. The van der Waals surface area contributed by atoms with Gasteiger partial charge in [-0.05, 0) is 43.2 Å². The highest BCUT2D eigenvalue weighted by molar-refractivity contribution is 6.05. The van der Waals surface area contributed by atoms with E-state index in [1.165, 1.54) is 29.2 Å². The van der Waals surface area contributed by atoms with Gasteiger partial charge < -0.3 is 14.8 Å². The number of ketones is 1. The summed E-state index contributed by atoms with van der Waals surface area (Å²) in [6, 6.07) is 6.65. The molecule has 0 saturated carbocycles. The zero-order valence-corrected chi connectivity index (χ0v) is 18.0. The van der Waals surface area contributed by atoms with Crippen LogP contribution in [0.3, 0.4) is 0 Å². The maximum atomic E-state index is 13.3. The van der Waals surface area contributed by atoms with Crippen molar-refractivity contribution in [3.63, 3.8) is 0 Å². The Hall–Kier alpha value is -3.49. The highest BCUT2D eigenvalue weighted by Gasteiger charge is 2.33. The van der Waals surface area contributed by atoms with Gasteiger partial charge >= 0.3 is 0 Å². The van der Waals surface area contributed by atoms with E-state index < -0.39 is 36.0 Å². The third kappa shape index (κ3) is 5.22. The molecule has 2 aromatic carbocycles. The van der Waals surface area contributed by atoms with E-state index in [2.05, 4.69) is 5.32 Å². The molecule has 2 amide bonds. The zero-order chi connectivity index (χ0) is 23.4. The standard InChI is InChI=1S/C23H24F2N2O5/c1-13(2)10-26-23(30)14(3)27-19-8-15(4-7-21(19)32-12-22(27)29)20(28)11-31-16-5-6-17(24)18(25)9-16/h4-9,13-14H,10-12H2,1-3H3,(H,26,30). The molecule has 2 aromatic rings. The number of Topliss-reactive ketones (excluding diaryl/α,β-unsaturated/α-hetero) is 1. The van der Waals surface area contributed by atoms with Crippen molar-refractivity contribution in [2.45, 2.75) is 26.8 Å². The van der Waals surface area contributed by atoms with Gasteiger partial charge in [-0.25, -0.2) is 8.78 Å². The lowest BCUT2D eigenvalue weighted by molar-refractivity contribution is -0.127. The normalized spacial score (nSPS) is 13.9. The first kappa shape index (κ1) is 23.2. The Morgan fingerprint density at radius 1 is 1.12 bits per heavy atom. The molecule has 1 atom stereocenters. The topological polar surface area (TPSA) is 84.9 Å². The number of halogens is 2. The molecule has 0 spiro atoms. The van der Waals surface area contributed by atoms with E-state index in [1.54, 1.807) is 6.92 Å². The van der Waals surface area contributed by atoms with Gasteiger partial charge in [0.25, 0.3) is 5.91 Å². The lowest BCUT2D eigenvalue weighted by Crippen LogP contribution is -2.52.